The third-order valence-electron chi connectivity index (χ3n) is 5.15. The molecule has 2 aromatic rings. The number of aromatic nitrogens is 1. The van der Waals surface area contributed by atoms with E-state index < -0.39 is 0 Å². The maximum Gasteiger partial charge on any atom is 0.191 e. The van der Waals surface area contributed by atoms with Gasteiger partial charge in [0, 0.05) is 37.7 Å². The molecule has 0 spiro atoms. The fourth-order valence-corrected chi connectivity index (χ4v) is 3.43. The van der Waals surface area contributed by atoms with Crippen LogP contribution >= 0.6 is 24.0 Å². The maximum absolute atomic E-state index is 6.18. The van der Waals surface area contributed by atoms with E-state index in [0.717, 1.165) is 61.1 Å². The molecule has 30 heavy (non-hydrogen) atoms. The van der Waals surface area contributed by atoms with Crippen LogP contribution in [0.5, 0.6) is 5.75 Å². The van der Waals surface area contributed by atoms with Crippen molar-refractivity contribution >= 4 is 29.9 Å². The van der Waals surface area contributed by atoms with E-state index >= 15 is 0 Å². The second kappa shape index (κ2) is 12.1. The summed E-state index contributed by atoms with van der Waals surface area (Å²) < 4.78 is 16.8. The SMILES string of the molecule is CN=C(NCCCc1c(C)noc1C)NCc1ccc(C)cc1OC1CCOC1.I. The molecular weight excluding hydrogens is 495 g/mol. The zero-order valence-electron chi connectivity index (χ0n) is 18.3. The highest BCUT2D eigenvalue weighted by Gasteiger charge is 2.18. The summed E-state index contributed by atoms with van der Waals surface area (Å²) >= 11 is 0. The van der Waals surface area contributed by atoms with Crippen molar-refractivity contribution in [3.63, 3.8) is 0 Å². The van der Waals surface area contributed by atoms with Gasteiger partial charge >= 0.3 is 0 Å². The number of guanidine groups is 1. The molecule has 0 radical (unpaired) electrons. The van der Waals surface area contributed by atoms with Crippen LogP contribution in [-0.4, -0.2) is 44.0 Å². The first-order chi connectivity index (χ1) is 14.1. The minimum absolute atomic E-state index is 0. The molecule has 166 valence electrons. The van der Waals surface area contributed by atoms with E-state index in [4.69, 9.17) is 14.0 Å². The van der Waals surface area contributed by atoms with Crippen LogP contribution in [0.25, 0.3) is 0 Å². The lowest BCUT2D eigenvalue weighted by Gasteiger charge is -2.18. The van der Waals surface area contributed by atoms with Gasteiger partial charge in [-0.2, -0.15) is 0 Å². The van der Waals surface area contributed by atoms with E-state index in [-0.39, 0.29) is 30.1 Å². The van der Waals surface area contributed by atoms with Crippen LogP contribution in [0.2, 0.25) is 0 Å². The molecule has 1 aliphatic rings. The number of nitrogens with one attached hydrogen (secondary N) is 2. The summed E-state index contributed by atoms with van der Waals surface area (Å²) in [7, 11) is 1.78. The number of rotatable bonds is 8. The quantitative estimate of drug-likeness (QED) is 0.236. The van der Waals surface area contributed by atoms with Crippen molar-refractivity contribution < 1.29 is 14.0 Å². The topological polar surface area (TPSA) is 80.9 Å². The average molecular weight is 528 g/mol. The van der Waals surface area contributed by atoms with Crippen LogP contribution in [-0.2, 0) is 17.7 Å². The average Bonchev–Trinajstić information content (AvgIpc) is 3.33. The molecule has 1 unspecified atom stereocenters. The lowest BCUT2D eigenvalue weighted by molar-refractivity contribution is 0.140. The molecule has 1 aromatic heterocycles. The van der Waals surface area contributed by atoms with Gasteiger partial charge in [0.05, 0.1) is 18.9 Å². The number of benzene rings is 1. The highest BCUT2D eigenvalue weighted by Crippen LogP contribution is 2.23. The molecular formula is C22H33IN4O3. The Balaban J connectivity index is 0.00000320. The van der Waals surface area contributed by atoms with Crippen molar-refractivity contribution in [3.05, 3.63) is 46.3 Å². The summed E-state index contributed by atoms with van der Waals surface area (Å²) in [6.45, 7) is 8.92. The molecule has 1 aliphatic heterocycles. The van der Waals surface area contributed by atoms with Crippen LogP contribution in [0.3, 0.4) is 0 Å². The molecule has 3 rings (SSSR count). The highest BCUT2D eigenvalue weighted by molar-refractivity contribution is 14.0. The van der Waals surface area contributed by atoms with Crippen molar-refractivity contribution in [1.82, 2.24) is 15.8 Å². The molecule has 1 aromatic carbocycles. The molecule has 1 atom stereocenters. The van der Waals surface area contributed by atoms with E-state index in [0.29, 0.717) is 13.2 Å². The summed E-state index contributed by atoms with van der Waals surface area (Å²) in [6, 6.07) is 6.31. The molecule has 0 aliphatic carbocycles. The van der Waals surface area contributed by atoms with E-state index in [1.807, 2.05) is 13.8 Å². The fourth-order valence-electron chi connectivity index (χ4n) is 3.43. The van der Waals surface area contributed by atoms with Gasteiger partial charge in [-0.1, -0.05) is 17.3 Å². The number of nitrogens with zero attached hydrogens (tertiary/aromatic N) is 2. The third kappa shape index (κ3) is 6.87. The minimum Gasteiger partial charge on any atom is -0.488 e. The van der Waals surface area contributed by atoms with E-state index in [1.165, 1.54) is 11.1 Å². The van der Waals surface area contributed by atoms with Gasteiger partial charge in [0.25, 0.3) is 0 Å². The van der Waals surface area contributed by atoms with E-state index in [1.54, 1.807) is 7.05 Å². The van der Waals surface area contributed by atoms with Gasteiger partial charge in [-0.15, -0.1) is 24.0 Å². The number of aliphatic imine (C=N–C) groups is 1. The van der Waals surface area contributed by atoms with E-state index in [2.05, 4.69) is 45.9 Å². The molecule has 2 N–H and O–H groups in total. The highest BCUT2D eigenvalue weighted by atomic mass is 127. The van der Waals surface area contributed by atoms with Gasteiger partial charge in [0.2, 0.25) is 0 Å². The molecule has 8 heteroatoms. The first-order valence-corrected chi connectivity index (χ1v) is 10.3. The van der Waals surface area contributed by atoms with E-state index in [9.17, 15) is 0 Å². The van der Waals surface area contributed by atoms with Gasteiger partial charge in [0.15, 0.2) is 5.96 Å². The van der Waals surface area contributed by atoms with Crippen molar-refractivity contribution in [2.45, 2.75) is 52.7 Å². The predicted molar refractivity (Wildman–Crippen MR) is 129 cm³/mol. The van der Waals surface area contributed by atoms with Crippen LogP contribution in [0.1, 0.15) is 41.0 Å². The van der Waals surface area contributed by atoms with Crippen molar-refractivity contribution in [2.24, 2.45) is 4.99 Å². The predicted octanol–water partition coefficient (Wildman–Crippen LogP) is 3.68. The van der Waals surface area contributed by atoms with Gasteiger partial charge < -0.3 is 24.6 Å². The lowest BCUT2D eigenvalue weighted by atomic mass is 10.1. The second-order valence-electron chi connectivity index (χ2n) is 7.47. The Bertz CT molecular complexity index is 812. The van der Waals surface area contributed by atoms with Gasteiger partial charge in [-0.25, -0.2) is 0 Å². The molecule has 1 saturated heterocycles. The fraction of sp³-hybridized carbons (Fsp3) is 0.545. The Kier molecular flexibility index (Phi) is 9.90. The normalized spacial score (nSPS) is 16.3. The maximum atomic E-state index is 6.18. The van der Waals surface area contributed by atoms with Crippen LogP contribution < -0.4 is 15.4 Å². The number of hydrogen-bond acceptors (Lipinski definition) is 5. The zero-order chi connectivity index (χ0) is 20.6. The molecule has 1 fully saturated rings. The molecule has 0 amide bonds. The Morgan fingerprint density at radius 2 is 2.10 bits per heavy atom. The van der Waals surface area contributed by atoms with Crippen LogP contribution in [0.15, 0.2) is 27.7 Å². The van der Waals surface area contributed by atoms with Crippen LogP contribution in [0.4, 0.5) is 0 Å². The monoisotopic (exact) mass is 528 g/mol. The molecule has 0 bridgehead atoms. The Morgan fingerprint density at radius 1 is 1.27 bits per heavy atom. The Labute approximate surface area is 196 Å². The molecule has 7 nitrogen and oxygen atoms in total. The summed E-state index contributed by atoms with van der Waals surface area (Å²) in [5.74, 6) is 2.60. The first kappa shape index (κ1) is 24.5. The van der Waals surface area contributed by atoms with Gasteiger partial charge in [-0.3, -0.25) is 4.99 Å². The lowest BCUT2D eigenvalue weighted by Crippen LogP contribution is -2.37. The van der Waals surface area contributed by atoms with Crippen LogP contribution in [0, 0.1) is 20.8 Å². The summed E-state index contributed by atoms with van der Waals surface area (Å²) in [5, 5.41) is 10.8. The largest absolute Gasteiger partial charge is 0.488 e. The molecule has 2 heterocycles. The number of hydrogen-bond donors (Lipinski definition) is 2. The standard InChI is InChI=1S/C22H32N4O3.HI/c1-15-7-8-18(21(12-15)28-19-9-11-27-14-19)13-25-22(23-4)24-10-5-6-20-16(2)26-29-17(20)3;/h7-8,12,19H,5-6,9-11,13-14H2,1-4H3,(H2,23,24,25);1H. The van der Waals surface area contributed by atoms with Gasteiger partial charge in [-0.05, 0) is 45.2 Å². The third-order valence-corrected chi connectivity index (χ3v) is 5.15. The smallest absolute Gasteiger partial charge is 0.191 e. The number of halogens is 1. The van der Waals surface area contributed by atoms with Crippen molar-refractivity contribution in [3.8, 4) is 5.75 Å². The summed E-state index contributed by atoms with van der Waals surface area (Å²) in [5.41, 5.74) is 4.47. The molecule has 0 saturated carbocycles. The first-order valence-electron chi connectivity index (χ1n) is 10.3. The van der Waals surface area contributed by atoms with Gasteiger partial charge in [0.1, 0.15) is 17.6 Å². The van der Waals surface area contributed by atoms with Crippen molar-refractivity contribution in [2.75, 3.05) is 26.8 Å². The van der Waals surface area contributed by atoms with Crippen molar-refractivity contribution in [1.29, 1.82) is 0 Å². The Hall–Kier alpha value is -1.81. The summed E-state index contributed by atoms with van der Waals surface area (Å²) in [6.07, 6.45) is 2.99. The number of aryl methyl sites for hydroxylation is 3. The summed E-state index contributed by atoms with van der Waals surface area (Å²) in [4.78, 5) is 4.33. The second-order valence-corrected chi connectivity index (χ2v) is 7.47. The zero-order valence-corrected chi connectivity index (χ0v) is 20.6. The minimum atomic E-state index is 0. The Morgan fingerprint density at radius 3 is 2.77 bits per heavy atom. The number of ether oxygens (including phenoxy) is 2.